The normalized spacial score (nSPS) is 13.1. The molecule has 0 radical (unpaired) electrons. The fourth-order valence-electron chi connectivity index (χ4n) is 9.08. The Labute approximate surface area is 349 Å². The lowest BCUT2D eigenvalue weighted by Gasteiger charge is -2.40. The van der Waals surface area contributed by atoms with Crippen LogP contribution in [0.15, 0.2) is 182 Å². The van der Waals surface area contributed by atoms with Gasteiger partial charge in [-0.1, -0.05) is 204 Å². The van der Waals surface area contributed by atoms with Crippen molar-refractivity contribution in [2.24, 2.45) is 0 Å². The number of hydrogen-bond donors (Lipinski definition) is 4. The first kappa shape index (κ1) is 39.9. The molecule has 0 aliphatic heterocycles. The number of hydrogen-bond acceptors (Lipinski definition) is 4. The molecule has 0 aliphatic carbocycles. The van der Waals surface area contributed by atoms with Gasteiger partial charge in [0.2, 0.25) is 0 Å². The molecule has 8 rings (SSSR count). The predicted octanol–water partition coefficient (Wildman–Crippen LogP) is 11.5. The molecule has 4 heteroatoms. The molecular weight excluding hydrogens is 721 g/mol. The third-order valence-electron chi connectivity index (χ3n) is 12.0. The zero-order valence-corrected chi connectivity index (χ0v) is 34.5. The van der Waals surface area contributed by atoms with Gasteiger partial charge in [-0.15, -0.1) is 0 Å². The van der Waals surface area contributed by atoms with Gasteiger partial charge in [0.1, 0.15) is 11.2 Å². The van der Waals surface area contributed by atoms with Gasteiger partial charge in [0.15, 0.2) is 0 Å². The van der Waals surface area contributed by atoms with Crippen molar-refractivity contribution in [2.45, 2.75) is 57.4 Å². The van der Waals surface area contributed by atoms with Gasteiger partial charge < -0.3 is 20.8 Å². The monoisotopic (exact) mass is 774 g/mol. The topological polar surface area (TPSA) is 64.5 Å². The van der Waals surface area contributed by atoms with E-state index >= 15 is 0 Å². The quantitative estimate of drug-likeness (QED) is 0.0831. The van der Waals surface area contributed by atoms with Crippen molar-refractivity contribution >= 4 is 21.5 Å². The third-order valence-corrected chi connectivity index (χ3v) is 12.0. The van der Waals surface area contributed by atoms with Crippen LogP contribution >= 0.6 is 0 Å². The van der Waals surface area contributed by atoms with Crippen LogP contribution in [0.1, 0.15) is 74.1 Å². The Balaban J connectivity index is 1.19. The molecule has 8 aromatic carbocycles. The van der Waals surface area contributed by atoms with Crippen LogP contribution in [0, 0.1) is 27.7 Å². The van der Waals surface area contributed by atoms with Crippen LogP contribution in [0.3, 0.4) is 0 Å². The van der Waals surface area contributed by atoms with E-state index in [0.29, 0.717) is 13.1 Å². The van der Waals surface area contributed by atoms with Gasteiger partial charge in [0.05, 0.1) is 12.1 Å². The van der Waals surface area contributed by atoms with Crippen LogP contribution < -0.4 is 10.6 Å². The van der Waals surface area contributed by atoms with Crippen molar-refractivity contribution in [3.8, 4) is 0 Å². The molecule has 2 atom stereocenters. The van der Waals surface area contributed by atoms with Crippen LogP contribution in [0.5, 0.6) is 0 Å². The van der Waals surface area contributed by atoms with Crippen molar-refractivity contribution in [3.05, 3.63) is 238 Å². The summed E-state index contributed by atoms with van der Waals surface area (Å²) in [6.07, 6.45) is 0.720. The van der Waals surface area contributed by atoms with Crippen LogP contribution in [0.2, 0.25) is 0 Å². The smallest absolute Gasteiger partial charge is 0.134 e. The Hall–Kier alpha value is -5.88. The molecule has 8 aromatic rings. The first-order valence-corrected chi connectivity index (χ1v) is 20.8. The number of fused-ring (bicyclic) bond motifs is 2. The second-order valence-electron chi connectivity index (χ2n) is 16.3. The third kappa shape index (κ3) is 7.98. The zero-order chi connectivity index (χ0) is 41.0. The summed E-state index contributed by atoms with van der Waals surface area (Å²) >= 11 is 0. The molecule has 0 fully saturated rings. The summed E-state index contributed by atoms with van der Waals surface area (Å²) in [5, 5.41) is 39.2. The van der Waals surface area contributed by atoms with E-state index in [-0.39, 0.29) is 0 Å². The molecule has 0 unspecified atom stereocenters. The predicted molar refractivity (Wildman–Crippen MR) is 245 cm³/mol. The summed E-state index contributed by atoms with van der Waals surface area (Å²) in [5.41, 5.74) is 6.95. The fourth-order valence-corrected chi connectivity index (χ4v) is 9.08. The Morgan fingerprint density at radius 3 is 1.03 bits per heavy atom. The van der Waals surface area contributed by atoms with Crippen LogP contribution in [0.4, 0.5) is 0 Å². The summed E-state index contributed by atoms with van der Waals surface area (Å²) < 4.78 is 0. The highest BCUT2D eigenvalue weighted by molar-refractivity contribution is 5.87. The maximum atomic E-state index is 13.5. The van der Waals surface area contributed by atoms with Crippen LogP contribution in [-0.2, 0) is 11.2 Å². The molecule has 0 saturated carbocycles. The van der Waals surface area contributed by atoms with E-state index in [4.69, 9.17) is 0 Å². The lowest BCUT2D eigenvalue weighted by Crippen LogP contribution is -2.45. The first-order valence-electron chi connectivity index (χ1n) is 20.8. The average molecular weight is 775 g/mol. The number of benzene rings is 8. The number of aryl methyl sites for hydroxylation is 4. The molecule has 59 heavy (non-hydrogen) atoms. The zero-order valence-electron chi connectivity index (χ0n) is 34.5. The van der Waals surface area contributed by atoms with E-state index in [9.17, 15) is 10.2 Å². The minimum absolute atomic E-state index is 0.498. The molecule has 296 valence electrons. The van der Waals surface area contributed by atoms with Gasteiger partial charge in [0, 0.05) is 0 Å². The van der Waals surface area contributed by atoms with Crippen LogP contribution in [-0.4, -0.2) is 23.3 Å². The van der Waals surface area contributed by atoms with Gasteiger partial charge in [0.25, 0.3) is 0 Å². The van der Waals surface area contributed by atoms with Crippen molar-refractivity contribution in [2.75, 3.05) is 13.1 Å². The van der Waals surface area contributed by atoms with Gasteiger partial charge >= 0.3 is 0 Å². The Morgan fingerprint density at radius 2 is 0.695 bits per heavy atom. The summed E-state index contributed by atoms with van der Waals surface area (Å²) in [6.45, 7) is 9.49. The van der Waals surface area contributed by atoms with Crippen LogP contribution in [0.25, 0.3) is 21.5 Å². The van der Waals surface area contributed by atoms with E-state index < -0.39 is 23.3 Å². The minimum Gasteiger partial charge on any atom is -0.378 e. The largest absolute Gasteiger partial charge is 0.378 e. The van der Waals surface area contributed by atoms with Gasteiger partial charge in [-0.2, -0.15) is 0 Å². The van der Waals surface area contributed by atoms with Gasteiger partial charge in [-0.05, 0) is 102 Å². The summed E-state index contributed by atoms with van der Waals surface area (Å²) in [6, 6.07) is 61.6. The Bertz CT molecular complexity index is 2430. The lowest BCUT2D eigenvalue weighted by atomic mass is 9.75. The van der Waals surface area contributed by atoms with Gasteiger partial charge in [-0.3, -0.25) is 0 Å². The van der Waals surface area contributed by atoms with E-state index in [2.05, 4.69) is 172 Å². The number of aliphatic hydroxyl groups is 2. The molecular formula is C55H54N2O2. The highest BCUT2D eigenvalue weighted by atomic mass is 16.3. The van der Waals surface area contributed by atoms with Gasteiger partial charge in [-0.25, -0.2) is 0 Å². The molecule has 0 saturated heterocycles. The van der Waals surface area contributed by atoms with E-state index in [1.807, 2.05) is 48.5 Å². The van der Waals surface area contributed by atoms with Crippen molar-refractivity contribution in [1.82, 2.24) is 10.6 Å². The second kappa shape index (κ2) is 17.1. The second-order valence-corrected chi connectivity index (χ2v) is 16.3. The maximum absolute atomic E-state index is 13.5. The van der Waals surface area contributed by atoms with Crippen molar-refractivity contribution < 1.29 is 10.2 Å². The average Bonchev–Trinajstić information content (AvgIpc) is 3.25. The van der Waals surface area contributed by atoms with Crippen molar-refractivity contribution in [3.63, 3.8) is 0 Å². The SMILES string of the molecule is Cc1cccc(C(O)(c2cccc(C)c2)[C@@H](NCCCN[C@@H](c2cccc3ccccc23)C(O)(c2cccc(C)c2)c2cccc(C)c2)c2cccc3ccccc23)c1. The lowest BCUT2D eigenvalue weighted by molar-refractivity contribution is 0.0339. The standard InChI is InChI=1S/C55H54N2O2/c1-38-16-9-24-44(34-38)54(58,45-25-10-17-39(2)35-45)52(50-30-13-22-42-20-5-7-28-48(42)50)56-32-15-33-57-53(51-31-14-23-43-21-6-8-29-49(43)51)55(59,46-26-11-18-40(3)36-46)47-27-12-19-41(4)37-47/h5-14,16-31,34-37,52-53,56-59H,15,32-33H2,1-4H3/t52-,53-/m0/s1. The summed E-state index contributed by atoms with van der Waals surface area (Å²) in [4.78, 5) is 0. The van der Waals surface area contributed by atoms with E-state index in [1.165, 1.54) is 0 Å². The molecule has 0 heterocycles. The number of nitrogens with one attached hydrogen (secondary N) is 2. The highest BCUT2D eigenvalue weighted by Crippen LogP contribution is 2.45. The molecule has 0 aliphatic rings. The first-order chi connectivity index (χ1) is 28.7. The molecule has 4 nitrogen and oxygen atoms in total. The van der Waals surface area contributed by atoms with Crippen molar-refractivity contribution in [1.29, 1.82) is 0 Å². The summed E-state index contributed by atoms with van der Waals surface area (Å²) in [7, 11) is 0. The Morgan fingerprint density at radius 1 is 0.390 bits per heavy atom. The number of rotatable bonds is 14. The molecule has 4 N–H and O–H groups in total. The molecule has 0 amide bonds. The molecule has 0 bridgehead atoms. The summed E-state index contributed by atoms with van der Waals surface area (Å²) in [5.74, 6) is 0. The highest BCUT2D eigenvalue weighted by Gasteiger charge is 2.43. The molecule has 0 aromatic heterocycles. The maximum Gasteiger partial charge on any atom is 0.134 e. The van der Waals surface area contributed by atoms with E-state index in [1.54, 1.807) is 0 Å². The minimum atomic E-state index is -1.41. The Kier molecular flexibility index (Phi) is 11.6. The fraction of sp³-hybridized carbons (Fsp3) is 0.200. The van der Waals surface area contributed by atoms with E-state index in [0.717, 1.165) is 83.6 Å². The molecule has 0 spiro atoms.